The van der Waals surface area contributed by atoms with Gasteiger partial charge in [-0.15, -0.1) is 0 Å². The zero-order chi connectivity index (χ0) is 35.7. The average molecular weight is 636 g/mol. The topological polar surface area (TPSA) is 264 Å². The zero-order valence-corrected chi connectivity index (χ0v) is 23.7. The number of nitrogens with zero attached hydrogens (tertiary/aromatic N) is 12. The fraction of sp³-hybridized carbons (Fsp3) is 0. The minimum absolute atomic E-state index is 0.479. The van der Waals surface area contributed by atoms with E-state index in [0.717, 1.165) is 6.20 Å². The molecule has 5 rings (SSSR count). The van der Waals surface area contributed by atoms with Crippen LogP contribution >= 0.6 is 0 Å². The lowest BCUT2D eigenvalue weighted by Gasteiger charge is -2.16. The molecule has 0 saturated heterocycles. The van der Waals surface area contributed by atoms with Crippen LogP contribution in [0, 0.1) is 131 Å². The molecule has 0 atom stereocenters. The first-order chi connectivity index (χ1) is 23.7. The van der Waals surface area contributed by atoms with E-state index in [-0.39, 0.29) is 0 Å². The van der Waals surface area contributed by atoms with Crippen LogP contribution in [0.25, 0.3) is 33.4 Å². The summed E-state index contributed by atoms with van der Waals surface area (Å²) in [7, 11) is 0. The molecule has 15 heteroatoms. The highest BCUT2D eigenvalue weighted by Gasteiger charge is 2.44. The van der Waals surface area contributed by atoms with E-state index in [9.17, 15) is 51.7 Å². The van der Waals surface area contributed by atoms with Crippen molar-refractivity contribution in [3.05, 3.63) is 103 Å². The van der Waals surface area contributed by atoms with Crippen LogP contribution in [0.2, 0.25) is 0 Å². The minimum atomic E-state index is -1.39. The van der Waals surface area contributed by atoms with Crippen LogP contribution in [-0.4, -0.2) is 9.97 Å². The predicted molar refractivity (Wildman–Crippen MR) is 155 cm³/mol. The van der Waals surface area contributed by atoms with Gasteiger partial charge in [0.1, 0.15) is 83.5 Å². The van der Waals surface area contributed by atoms with Crippen molar-refractivity contribution in [2.24, 2.45) is 0 Å². The average Bonchev–Trinajstić information content (AvgIpc) is 3.62. The molecular formula is C34H3F3N12. The van der Waals surface area contributed by atoms with Gasteiger partial charge in [-0.1, -0.05) is 0 Å². The van der Waals surface area contributed by atoms with E-state index in [0.29, 0.717) is 12.1 Å². The van der Waals surface area contributed by atoms with E-state index in [2.05, 4.69) is 9.97 Å². The molecule has 1 heterocycles. The molecule has 2 aliphatic carbocycles. The molecule has 49 heavy (non-hydrogen) atoms. The number of benzene rings is 2. The summed E-state index contributed by atoms with van der Waals surface area (Å²) in [6.07, 6.45) is 0.771. The molecule has 1 aromatic heterocycles. The highest BCUT2D eigenvalue weighted by Crippen LogP contribution is 2.58. The summed E-state index contributed by atoms with van der Waals surface area (Å²) >= 11 is 0. The Bertz CT molecular complexity index is 2720. The van der Waals surface area contributed by atoms with Crippen molar-refractivity contribution >= 4 is 33.4 Å². The summed E-state index contributed by atoms with van der Waals surface area (Å²) < 4.78 is 45.9. The Kier molecular flexibility index (Phi) is 7.69. The molecule has 0 saturated carbocycles. The number of aromatic nitrogens is 2. The fourth-order valence-corrected chi connectivity index (χ4v) is 5.67. The van der Waals surface area contributed by atoms with Gasteiger partial charge in [0.2, 0.25) is 11.8 Å². The Morgan fingerprint density at radius 2 is 1.02 bits per heavy atom. The standard InChI is InChI=1S/C34H3F3N12/c35-23-2-17(24(36)1-14(23)3-38)28-18(8-43)29-19(9-44)30-20(10-45)31(22-13-48-25(12-47)49-34(22)37)27(16(6-41)7-42)33(30)21(11-46)32(29)26(28)15(4-39)5-40/h1-2,13H. The van der Waals surface area contributed by atoms with Gasteiger partial charge in [0.25, 0.3) is 0 Å². The SMILES string of the molecule is N#CC(C#N)=C1C(c2cc(F)c(C#N)cc2F)=C(C#N)c2c(C#N)c3c(c(C#N)c21)C(=C(C#N)C#N)C(c1cnc(C#N)nc1F)=C3C#N. The molecule has 0 fully saturated rings. The lowest BCUT2D eigenvalue weighted by Crippen LogP contribution is -2.05. The predicted octanol–water partition coefficient (Wildman–Crippen LogP) is 4.88. The summed E-state index contributed by atoms with van der Waals surface area (Å²) in [6.45, 7) is 0. The van der Waals surface area contributed by atoms with Crippen molar-refractivity contribution in [1.82, 2.24) is 9.97 Å². The molecule has 0 unspecified atom stereocenters. The molecule has 2 aliphatic rings. The van der Waals surface area contributed by atoms with E-state index in [4.69, 9.17) is 5.26 Å². The third-order valence-electron chi connectivity index (χ3n) is 7.45. The Hall–Kier alpha value is -8.83. The van der Waals surface area contributed by atoms with Crippen LogP contribution in [-0.2, 0) is 0 Å². The summed E-state index contributed by atoms with van der Waals surface area (Å²) in [5.41, 5.74) is -10.6. The largest absolute Gasteiger partial charge is 0.234 e. The van der Waals surface area contributed by atoms with Crippen molar-refractivity contribution in [3.63, 3.8) is 0 Å². The number of halogens is 3. The first-order valence-corrected chi connectivity index (χ1v) is 12.9. The Labute approximate surface area is 272 Å². The summed E-state index contributed by atoms with van der Waals surface area (Å²) in [6, 6.07) is 17.3. The monoisotopic (exact) mass is 636 g/mol. The normalized spacial score (nSPS) is 11.9. The Morgan fingerprint density at radius 1 is 0.531 bits per heavy atom. The molecule has 3 aromatic rings. The van der Waals surface area contributed by atoms with Crippen molar-refractivity contribution in [2.75, 3.05) is 0 Å². The quantitative estimate of drug-likeness (QED) is 0.269. The number of rotatable bonds is 2. The molecular weight excluding hydrogens is 633 g/mol. The molecule has 220 valence electrons. The maximum Gasteiger partial charge on any atom is 0.234 e. The van der Waals surface area contributed by atoms with Gasteiger partial charge in [-0.05, 0) is 12.1 Å². The Balaban J connectivity index is 2.13. The van der Waals surface area contributed by atoms with E-state index in [1.807, 2.05) is 0 Å². The molecule has 0 N–H and O–H groups in total. The van der Waals surface area contributed by atoms with Gasteiger partial charge in [-0.25, -0.2) is 13.8 Å². The minimum Gasteiger partial charge on any atom is -0.227 e. The maximum atomic E-state index is 15.6. The first-order valence-electron chi connectivity index (χ1n) is 12.9. The summed E-state index contributed by atoms with van der Waals surface area (Å²) in [4.78, 5) is 7.09. The highest BCUT2D eigenvalue weighted by atomic mass is 19.1. The number of fused-ring (bicyclic) bond motifs is 2. The van der Waals surface area contributed by atoms with Crippen LogP contribution in [0.15, 0.2) is 29.5 Å². The van der Waals surface area contributed by atoms with Crippen molar-refractivity contribution in [3.8, 4) is 60.7 Å². The molecule has 0 spiro atoms. The third kappa shape index (κ3) is 4.30. The second-order valence-corrected chi connectivity index (χ2v) is 9.58. The zero-order valence-electron chi connectivity index (χ0n) is 23.7. The number of hydrogen-bond donors (Lipinski definition) is 0. The van der Waals surface area contributed by atoms with Crippen LogP contribution in [0.1, 0.15) is 55.9 Å². The van der Waals surface area contributed by atoms with E-state index in [1.54, 1.807) is 48.6 Å². The van der Waals surface area contributed by atoms with E-state index in [1.165, 1.54) is 12.1 Å². The van der Waals surface area contributed by atoms with Crippen LogP contribution in [0.5, 0.6) is 0 Å². The highest BCUT2D eigenvalue weighted by molar-refractivity contribution is 6.32. The van der Waals surface area contributed by atoms with Crippen molar-refractivity contribution in [1.29, 1.82) is 52.6 Å². The van der Waals surface area contributed by atoms with Gasteiger partial charge in [0, 0.05) is 56.3 Å². The second kappa shape index (κ2) is 11.9. The first kappa shape index (κ1) is 31.6. The lowest BCUT2D eigenvalue weighted by molar-refractivity contribution is 0.573. The van der Waals surface area contributed by atoms with Crippen LogP contribution < -0.4 is 0 Å². The van der Waals surface area contributed by atoms with Gasteiger partial charge >= 0.3 is 0 Å². The number of hydrogen-bond acceptors (Lipinski definition) is 12. The number of allylic oxidation sites excluding steroid dienone is 8. The summed E-state index contributed by atoms with van der Waals surface area (Å²) in [5, 5.41) is 100. The summed E-state index contributed by atoms with van der Waals surface area (Å²) in [5.74, 6) is -4.58. The van der Waals surface area contributed by atoms with Gasteiger partial charge < -0.3 is 0 Å². The lowest BCUT2D eigenvalue weighted by atomic mass is 9.82. The number of nitriles is 10. The van der Waals surface area contributed by atoms with E-state index >= 15 is 8.78 Å². The third-order valence-corrected chi connectivity index (χ3v) is 7.45. The van der Waals surface area contributed by atoms with Crippen molar-refractivity contribution < 1.29 is 13.2 Å². The van der Waals surface area contributed by atoms with Crippen LogP contribution in [0.3, 0.4) is 0 Å². The molecule has 12 nitrogen and oxygen atoms in total. The molecule has 0 bridgehead atoms. The van der Waals surface area contributed by atoms with Crippen LogP contribution in [0.4, 0.5) is 13.2 Å². The molecule has 0 amide bonds. The van der Waals surface area contributed by atoms with Gasteiger partial charge in [-0.3, -0.25) is 0 Å². The molecule has 2 aromatic carbocycles. The van der Waals surface area contributed by atoms with E-state index < -0.39 is 118 Å². The van der Waals surface area contributed by atoms with Crippen molar-refractivity contribution in [2.45, 2.75) is 0 Å². The van der Waals surface area contributed by atoms with Gasteiger partial charge in [0.05, 0.1) is 33.4 Å². The molecule has 0 aliphatic heterocycles. The van der Waals surface area contributed by atoms with Gasteiger partial charge in [-0.2, -0.15) is 62.0 Å². The van der Waals surface area contributed by atoms with Gasteiger partial charge in [0.15, 0.2) is 0 Å². The second-order valence-electron chi connectivity index (χ2n) is 9.58. The molecule has 0 radical (unpaired) electrons. The smallest absolute Gasteiger partial charge is 0.227 e. The maximum absolute atomic E-state index is 15.6. The Morgan fingerprint density at radius 3 is 1.43 bits per heavy atom. The fourth-order valence-electron chi connectivity index (χ4n) is 5.67.